The third-order valence-corrected chi connectivity index (χ3v) is 3.19. The number of rotatable bonds is 3. The van der Waals surface area contributed by atoms with Crippen molar-refractivity contribution in [1.82, 2.24) is 4.90 Å². The van der Waals surface area contributed by atoms with Crippen molar-refractivity contribution in [2.75, 3.05) is 18.4 Å². The van der Waals surface area contributed by atoms with Crippen molar-refractivity contribution in [3.63, 3.8) is 0 Å². The second-order valence-corrected chi connectivity index (χ2v) is 4.43. The molecule has 0 aromatic heterocycles. The average Bonchev–Trinajstić information content (AvgIpc) is 2.89. The highest BCUT2D eigenvalue weighted by Gasteiger charge is 2.29. The van der Waals surface area contributed by atoms with Crippen LogP contribution in [0.1, 0.15) is 12.8 Å². The molecule has 0 saturated carbocycles. The van der Waals surface area contributed by atoms with Crippen molar-refractivity contribution >= 4 is 11.7 Å². The fourth-order valence-corrected chi connectivity index (χ4v) is 2.22. The van der Waals surface area contributed by atoms with Crippen LogP contribution in [0.3, 0.4) is 0 Å². The van der Waals surface area contributed by atoms with Crippen LogP contribution in [0.2, 0.25) is 0 Å². The predicted octanol–water partition coefficient (Wildman–Crippen LogP) is 3.27. The van der Waals surface area contributed by atoms with E-state index < -0.39 is 23.4 Å². The molecular formula is C12H13F2N5O. The lowest BCUT2D eigenvalue weighted by atomic mass is 10.2. The van der Waals surface area contributed by atoms with Crippen LogP contribution in [0.25, 0.3) is 10.4 Å². The molecular weight excluding hydrogens is 268 g/mol. The number of likely N-dealkylation sites (tertiary alicyclic amines) is 1. The Hall–Kier alpha value is -2.34. The van der Waals surface area contributed by atoms with E-state index >= 15 is 0 Å². The van der Waals surface area contributed by atoms with Gasteiger partial charge in [0.25, 0.3) is 0 Å². The first kappa shape index (κ1) is 14.1. The maximum Gasteiger partial charge on any atom is 0.322 e. The molecule has 1 N–H and O–H groups in total. The number of urea groups is 1. The lowest BCUT2D eigenvalue weighted by molar-refractivity contribution is 0.207. The van der Waals surface area contributed by atoms with Gasteiger partial charge in [0, 0.05) is 24.0 Å². The number of hydrogen-bond acceptors (Lipinski definition) is 2. The third kappa shape index (κ3) is 2.97. The normalized spacial score (nSPS) is 17.7. The molecule has 2 rings (SSSR count). The zero-order valence-corrected chi connectivity index (χ0v) is 10.6. The molecule has 0 spiro atoms. The van der Waals surface area contributed by atoms with Gasteiger partial charge in [-0.3, -0.25) is 0 Å². The molecule has 1 fully saturated rings. The molecule has 1 atom stereocenters. The summed E-state index contributed by atoms with van der Waals surface area (Å²) in [5.74, 6) is -1.66. The van der Waals surface area contributed by atoms with Gasteiger partial charge < -0.3 is 10.2 Å². The zero-order valence-electron chi connectivity index (χ0n) is 10.6. The number of hydrogen-bond donors (Lipinski definition) is 1. The summed E-state index contributed by atoms with van der Waals surface area (Å²) >= 11 is 0. The van der Waals surface area contributed by atoms with Crippen molar-refractivity contribution in [3.8, 4) is 0 Å². The number of anilines is 1. The summed E-state index contributed by atoms with van der Waals surface area (Å²) in [6.45, 7) is 0.622. The molecule has 0 radical (unpaired) electrons. The fourth-order valence-electron chi connectivity index (χ4n) is 2.22. The second-order valence-electron chi connectivity index (χ2n) is 4.43. The van der Waals surface area contributed by atoms with Gasteiger partial charge in [-0.25, -0.2) is 13.6 Å². The lowest BCUT2D eigenvalue weighted by Gasteiger charge is -2.23. The highest BCUT2D eigenvalue weighted by atomic mass is 19.1. The van der Waals surface area contributed by atoms with Crippen molar-refractivity contribution in [1.29, 1.82) is 0 Å². The summed E-state index contributed by atoms with van der Waals surface area (Å²) in [6.07, 6.45) is 1.46. The van der Waals surface area contributed by atoms with Gasteiger partial charge in [-0.05, 0) is 30.5 Å². The van der Waals surface area contributed by atoms with Gasteiger partial charge in [0.05, 0.1) is 0 Å². The zero-order chi connectivity index (χ0) is 14.5. The Morgan fingerprint density at radius 2 is 2.20 bits per heavy atom. The Morgan fingerprint density at radius 1 is 1.50 bits per heavy atom. The summed E-state index contributed by atoms with van der Waals surface area (Å²) in [4.78, 5) is 16.1. The van der Waals surface area contributed by atoms with Crippen molar-refractivity contribution in [2.45, 2.75) is 18.9 Å². The van der Waals surface area contributed by atoms with Gasteiger partial charge >= 0.3 is 6.03 Å². The molecule has 0 aliphatic carbocycles. The molecule has 6 nitrogen and oxygen atoms in total. The van der Waals surface area contributed by atoms with Crippen LogP contribution < -0.4 is 5.32 Å². The van der Waals surface area contributed by atoms with E-state index in [0.717, 1.165) is 18.6 Å². The van der Waals surface area contributed by atoms with Crippen molar-refractivity contribution in [2.24, 2.45) is 5.11 Å². The van der Waals surface area contributed by atoms with Crippen LogP contribution >= 0.6 is 0 Å². The number of para-hydroxylation sites is 1. The fraction of sp³-hybridized carbons (Fsp3) is 0.417. The first-order chi connectivity index (χ1) is 9.63. The Morgan fingerprint density at radius 3 is 2.85 bits per heavy atom. The van der Waals surface area contributed by atoms with Crippen LogP contribution in [0.15, 0.2) is 23.3 Å². The Bertz CT molecular complexity index is 539. The minimum Gasteiger partial charge on any atom is -0.321 e. The number of carbonyl (C=O) groups excluding carboxylic acids is 1. The number of nitrogens with zero attached hydrogens (tertiary/aromatic N) is 4. The largest absolute Gasteiger partial charge is 0.322 e. The standard InChI is InChI=1S/C12H13F2N5O/c13-9-4-1-5-10(14)11(9)17-12(20)19-6-2-3-8(19)7-16-18-15/h1,4-5,8H,2-3,6-7H2,(H,17,20). The van der Waals surface area contributed by atoms with Crippen LogP contribution in [0.5, 0.6) is 0 Å². The first-order valence-electron chi connectivity index (χ1n) is 6.16. The molecule has 20 heavy (non-hydrogen) atoms. The predicted molar refractivity (Wildman–Crippen MR) is 69.1 cm³/mol. The number of azide groups is 1. The highest BCUT2D eigenvalue weighted by molar-refractivity contribution is 5.90. The number of halogens is 2. The maximum atomic E-state index is 13.5. The van der Waals surface area contributed by atoms with E-state index in [1.807, 2.05) is 0 Å². The molecule has 1 aromatic rings. The molecule has 2 amide bonds. The van der Waals surface area contributed by atoms with Crippen LogP contribution in [-0.2, 0) is 0 Å². The van der Waals surface area contributed by atoms with Crippen LogP contribution in [0, 0.1) is 11.6 Å². The average molecular weight is 281 g/mol. The third-order valence-electron chi connectivity index (χ3n) is 3.19. The molecule has 106 valence electrons. The van der Waals surface area contributed by atoms with Crippen LogP contribution in [-0.4, -0.2) is 30.1 Å². The van der Waals surface area contributed by atoms with E-state index in [2.05, 4.69) is 15.3 Å². The molecule has 8 heteroatoms. The second kappa shape index (κ2) is 6.21. The summed E-state index contributed by atoms with van der Waals surface area (Å²) in [5, 5.41) is 5.67. The van der Waals surface area contributed by atoms with Crippen molar-refractivity contribution < 1.29 is 13.6 Å². The van der Waals surface area contributed by atoms with Gasteiger partial charge in [-0.15, -0.1) is 0 Å². The first-order valence-corrected chi connectivity index (χ1v) is 6.16. The molecule has 1 saturated heterocycles. The van der Waals surface area contributed by atoms with E-state index in [9.17, 15) is 13.6 Å². The van der Waals surface area contributed by atoms with E-state index in [1.165, 1.54) is 11.0 Å². The summed E-state index contributed by atoms with van der Waals surface area (Å²) in [6, 6.07) is 2.53. The van der Waals surface area contributed by atoms with E-state index in [-0.39, 0.29) is 12.6 Å². The smallest absolute Gasteiger partial charge is 0.321 e. The summed E-state index contributed by atoms with van der Waals surface area (Å²) < 4.78 is 26.9. The quantitative estimate of drug-likeness (QED) is 0.515. The Kier molecular flexibility index (Phi) is 4.37. The van der Waals surface area contributed by atoms with E-state index in [1.54, 1.807) is 0 Å². The lowest BCUT2D eigenvalue weighted by Crippen LogP contribution is -2.40. The number of nitrogens with one attached hydrogen (secondary N) is 1. The van der Waals surface area contributed by atoms with Crippen LogP contribution in [0.4, 0.5) is 19.3 Å². The highest BCUT2D eigenvalue weighted by Crippen LogP contribution is 2.22. The Balaban J connectivity index is 2.09. The van der Waals surface area contributed by atoms with Gasteiger partial charge in [0.2, 0.25) is 0 Å². The van der Waals surface area contributed by atoms with E-state index in [4.69, 9.17) is 5.53 Å². The topological polar surface area (TPSA) is 81.1 Å². The molecule has 1 unspecified atom stereocenters. The molecule has 1 aromatic carbocycles. The summed E-state index contributed by atoms with van der Waals surface area (Å²) in [5.41, 5.74) is 7.83. The number of carbonyl (C=O) groups is 1. The monoisotopic (exact) mass is 281 g/mol. The van der Waals surface area contributed by atoms with Gasteiger partial charge in [0.15, 0.2) is 0 Å². The number of benzene rings is 1. The number of amides is 2. The van der Waals surface area contributed by atoms with Crippen molar-refractivity contribution in [3.05, 3.63) is 40.3 Å². The Labute approximate surface area is 114 Å². The van der Waals surface area contributed by atoms with Gasteiger partial charge in [-0.2, -0.15) is 0 Å². The SMILES string of the molecule is [N-]=[N+]=NCC1CCCN1C(=O)Nc1c(F)cccc1F. The molecule has 1 aliphatic heterocycles. The minimum absolute atomic E-state index is 0.156. The van der Waals surface area contributed by atoms with Gasteiger partial charge in [0.1, 0.15) is 17.3 Å². The van der Waals surface area contributed by atoms with Gasteiger partial charge in [-0.1, -0.05) is 11.2 Å². The summed E-state index contributed by atoms with van der Waals surface area (Å²) in [7, 11) is 0. The molecule has 1 aliphatic rings. The molecule has 1 heterocycles. The van der Waals surface area contributed by atoms with E-state index in [0.29, 0.717) is 13.0 Å². The molecule has 0 bridgehead atoms. The maximum absolute atomic E-state index is 13.5. The minimum atomic E-state index is -0.829.